The SMILES string of the molecule is CC(C)(C)c1cc(-c2ccccn2)cc(C2(c3cc(-c4cc(C(C)(C)C)ccn4)cc(C(C)(C)C)c3)c3ccccc3-c3ccccc32)c1. The molecule has 2 aromatic heterocycles. The maximum atomic E-state index is 4.99. The molecule has 49 heavy (non-hydrogen) atoms. The van der Waals surface area contributed by atoms with Crippen LogP contribution in [0.15, 0.2) is 128 Å². The summed E-state index contributed by atoms with van der Waals surface area (Å²) in [6.07, 6.45) is 3.87. The van der Waals surface area contributed by atoms with E-state index in [1.807, 2.05) is 18.5 Å². The summed E-state index contributed by atoms with van der Waals surface area (Å²) in [6, 6.07) is 43.2. The van der Waals surface area contributed by atoms with Gasteiger partial charge >= 0.3 is 0 Å². The molecule has 0 unspecified atom stereocenters. The summed E-state index contributed by atoms with van der Waals surface area (Å²) in [6.45, 7) is 20.7. The maximum Gasteiger partial charge on any atom is 0.0714 e. The van der Waals surface area contributed by atoms with Crippen LogP contribution in [0.4, 0.5) is 0 Å². The van der Waals surface area contributed by atoms with Crippen molar-refractivity contribution in [1.82, 2.24) is 9.97 Å². The highest BCUT2D eigenvalue weighted by molar-refractivity contribution is 5.87. The Morgan fingerprint density at radius 2 is 0.878 bits per heavy atom. The molecular formula is C47H48N2. The van der Waals surface area contributed by atoms with Gasteiger partial charge in [0.25, 0.3) is 0 Å². The lowest BCUT2D eigenvalue weighted by molar-refractivity contribution is 0.585. The molecule has 0 radical (unpaired) electrons. The van der Waals surface area contributed by atoms with Crippen molar-refractivity contribution in [3.8, 4) is 33.6 Å². The van der Waals surface area contributed by atoms with Crippen LogP contribution in [-0.2, 0) is 21.7 Å². The Hall–Kier alpha value is -4.82. The van der Waals surface area contributed by atoms with Gasteiger partial charge in [-0.05, 0) is 115 Å². The minimum Gasteiger partial charge on any atom is -0.256 e. The minimum absolute atomic E-state index is 0.0159. The summed E-state index contributed by atoms with van der Waals surface area (Å²) in [5, 5.41) is 0. The normalized spacial score (nSPS) is 14.0. The highest BCUT2D eigenvalue weighted by Crippen LogP contribution is 2.57. The van der Waals surface area contributed by atoms with Crippen LogP contribution in [0.3, 0.4) is 0 Å². The van der Waals surface area contributed by atoms with Crippen LogP contribution in [0.5, 0.6) is 0 Å². The fourth-order valence-electron chi connectivity index (χ4n) is 7.46. The second kappa shape index (κ2) is 11.7. The summed E-state index contributed by atoms with van der Waals surface area (Å²) >= 11 is 0. The lowest BCUT2D eigenvalue weighted by Gasteiger charge is -2.37. The van der Waals surface area contributed by atoms with Crippen molar-refractivity contribution in [2.75, 3.05) is 0 Å². The van der Waals surface area contributed by atoms with Crippen molar-refractivity contribution < 1.29 is 0 Å². The summed E-state index contributed by atoms with van der Waals surface area (Å²) in [5.41, 5.74) is 15.1. The van der Waals surface area contributed by atoms with Crippen molar-refractivity contribution >= 4 is 0 Å². The molecule has 1 aliphatic carbocycles. The van der Waals surface area contributed by atoms with E-state index in [1.54, 1.807) is 0 Å². The first-order chi connectivity index (χ1) is 23.2. The average Bonchev–Trinajstić information content (AvgIpc) is 3.38. The highest BCUT2D eigenvalue weighted by atomic mass is 14.7. The number of hydrogen-bond donors (Lipinski definition) is 0. The van der Waals surface area contributed by atoms with Crippen LogP contribution in [0, 0.1) is 0 Å². The molecule has 246 valence electrons. The summed E-state index contributed by atoms with van der Waals surface area (Å²) in [4.78, 5) is 9.83. The van der Waals surface area contributed by atoms with E-state index < -0.39 is 5.41 Å². The zero-order valence-electron chi connectivity index (χ0n) is 30.5. The molecule has 0 fully saturated rings. The predicted molar refractivity (Wildman–Crippen MR) is 206 cm³/mol. The number of rotatable bonds is 4. The Labute approximate surface area is 293 Å². The smallest absolute Gasteiger partial charge is 0.0714 e. The number of nitrogens with zero attached hydrogens (tertiary/aromatic N) is 2. The Kier molecular flexibility index (Phi) is 7.78. The Morgan fingerprint density at radius 1 is 0.408 bits per heavy atom. The van der Waals surface area contributed by atoms with Gasteiger partial charge in [0.15, 0.2) is 0 Å². The molecule has 6 aromatic rings. The van der Waals surface area contributed by atoms with Crippen molar-refractivity contribution in [2.45, 2.75) is 84.0 Å². The van der Waals surface area contributed by atoms with Crippen LogP contribution in [0.2, 0.25) is 0 Å². The van der Waals surface area contributed by atoms with Gasteiger partial charge in [-0.2, -0.15) is 0 Å². The Balaban J connectivity index is 1.64. The van der Waals surface area contributed by atoms with Crippen molar-refractivity contribution in [2.24, 2.45) is 0 Å². The van der Waals surface area contributed by atoms with Crippen molar-refractivity contribution in [3.63, 3.8) is 0 Å². The largest absolute Gasteiger partial charge is 0.256 e. The standard InChI is InChI=1S/C47H48N2/c1-44(2,3)33-21-23-49-43(30-33)32-25-35(46(7,8)9)29-37(27-32)47(40-18-12-10-16-38(40)39-17-11-13-19-41(39)47)36-26-31(42-20-14-15-22-48-42)24-34(28-36)45(4,5)6/h10-30H,1-9H3. The van der Waals surface area contributed by atoms with Gasteiger partial charge in [-0.1, -0.05) is 129 Å². The second-order valence-corrected chi connectivity index (χ2v) is 16.8. The first-order valence-corrected chi connectivity index (χ1v) is 17.6. The van der Waals surface area contributed by atoms with Gasteiger partial charge < -0.3 is 0 Å². The monoisotopic (exact) mass is 640 g/mol. The first-order valence-electron chi connectivity index (χ1n) is 17.6. The molecule has 0 saturated heterocycles. The molecule has 1 aliphatic rings. The van der Waals surface area contributed by atoms with Crippen LogP contribution in [0.25, 0.3) is 33.6 Å². The van der Waals surface area contributed by atoms with E-state index in [0.29, 0.717) is 0 Å². The zero-order valence-corrected chi connectivity index (χ0v) is 30.5. The quantitative estimate of drug-likeness (QED) is 0.191. The molecule has 2 nitrogen and oxygen atoms in total. The van der Waals surface area contributed by atoms with Crippen LogP contribution >= 0.6 is 0 Å². The molecule has 0 bridgehead atoms. The number of benzene rings is 4. The molecule has 0 saturated carbocycles. The molecule has 0 N–H and O–H groups in total. The fraction of sp³-hybridized carbons (Fsp3) is 0.277. The van der Waals surface area contributed by atoms with Gasteiger partial charge in [-0.3, -0.25) is 9.97 Å². The molecule has 2 heterocycles. The molecule has 0 amide bonds. The lowest BCUT2D eigenvalue weighted by atomic mass is 9.65. The lowest BCUT2D eigenvalue weighted by Crippen LogP contribution is -2.30. The molecule has 7 rings (SSSR count). The average molecular weight is 641 g/mol. The van der Waals surface area contributed by atoms with Crippen LogP contribution in [0.1, 0.15) is 101 Å². The van der Waals surface area contributed by atoms with E-state index in [4.69, 9.17) is 9.97 Å². The number of pyridine rings is 2. The third-order valence-electron chi connectivity index (χ3n) is 10.3. The maximum absolute atomic E-state index is 4.99. The van der Waals surface area contributed by atoms with E-state index in [9.17, 15) is 0 Å². The molecule has 0 spiro atoms. The van der Waals surface area contributed by atoms with Gasteiger partial charge in [0, 0.05) is 23.5 Å². The van der Waals surface area contributed by atoms with Gasteiger partial charge in [0.05, 0.1) is 16.8 Å². The molecule has 2 heteroatoms. The Morgan fingerprint density at radius 3 is 1.37 bits per heavy atom. The third kappa shape index (κ3) is 5.72. The first kappa shape index (κ1) is 32.7. The van der Waals surface area contributed by atoms with E-state index in [-0.39, 0.29) is 16.2 Å². The van der Waals surface area contributed by atoms with Gasteiger partial charge in [-0.15, -0.1) is 0 Å². The number of fused-ring (bicyclic) bond motifs is 3. The molecule has 0 atom stereocenters. The van der Waals surface area contributed by atoms with E-state index in [2.05, 4.69) is 172 Å². The van der Waals surface area contributed by atoms with E-state index in [0.717, 1.165) is 22.5 Å². The van der Waals surface area contributed by atoms with E-state index in [1.165, 1.54) is 50.1 Å². The minimum atomic E-state index is -0.574. The fourth-order valence-corrected chi connectivity index (χ4v) is 7.46. The summed E-state index contributed by atoms with van der Waals surface area (Å²) in [7, 11) is 0. The highest BCUT2D eigenvalue weighted by Gasteiger charge is 2.47. The molecular weight excluding hydrogens is 593 g/mol. The zero-order chi connectivity index (χ0) is 34.8. The number of aromatic nitrogens is 2. The number of hydrogen-bond acceptors (Lipinski definition) is 2. The second-order valence-electron chi connectivity index (χ2n) is 16.8. The van der Waals surface area contributed by atoms with Gasteiger partial charge in [0.2, 0.25) is 0 Å². The van der Waals surface area contributed by atoms with Gasteiger partial charge in [-0.25, -0.2) is 0 Å². The van der Waals surface area contributed by atoms with E-state index >= 15 is 0 Å². The van der Waals surface area contributed by atoms with Crippen molar-refractivity contribution in [1.29, 1.82) is 0 Å². The van der Waals surface area contributed by atoms with Gasteiger partial charge in [0.1, 0.15) is 0 Å². The molecule has 4 aromatic carbocycles. The summed E-state index contributed by atoms with van der Waals surface area (Å²) in [5.74, 6) is 0. The predicted octanol–water partition coefficient (Wildman–Crippen LogP) is 12.1. The van der Waals surface area contributed by atoms with Crippen LogP contribution < -0.4 is 0 Å². The van der Waals surface area contributed by atoms with Crippen LogP contribution in [-0.4, -0.2) is 9.97 Å². The third-order valence-corrected chi connectivity index (χ3v) is 10.3. The Bertz CT molecular complexity index is 2120. The molecule has 0 aliphatic heterocycles. The summed E-state index contributed by atoms with van der Waals surface area (Å²) < 4.78 is 0. The topological polar surface area (TPSA) is 25.8 Å². The van der Waals surface area contributed by atoms with Crippen molar-refractivity contribution in [3.05, 3.63) is 167 Å².